The fraction of sp³-hybridized carbons (Fsp3) is 0.375. The molecule has 1 N–H and O–H groups in total. The van der Waals surface area contributed by atoms with Gasteiger partial charge in [-0.25, -0.2) is 4.39 Å². The Morgan fingerprint density at radius 3 is 2.45 bits per heavy atom. The quantitative estimate of drug-likeness (QED) is 0.879. The third kappa shape index (κ3) is 2.96. The van der Waals surface area contributed by atoms with E-state index < -0.39 is 0 Å². The van der Waals surface area contributed by atoms with Crippen LogP contribution in [0.5, 0.6) is 0 Å². The first kappa shape index (κ1) is 15.3. The summed E-state index contributed by atoms with van der Waals surface area (Å²) in [4.78, 5) is 0. The number of likely N-dealkylation sites (N-methyl/N-ethyl adjacent to an activating group) is 1. The minimum absolute atomic E-state index is 0.157. The Morgan fingerprint density at radius 2 is 1.95 bits per heavy atom. The molecule has 1 aromatic heterocycles. The van der Waals surface area contributed by atoms with Crippen molar-refractivity contribution in [2.75, 3.05) is 7.05 Å². The zero-order valence-electron chi connectivity index (χ0n) is 12.2. The number of aryl methyl sites for hydroxylation is 2. The molecule has 0 spiro atoms. The molecule has 1 heterocycles. The zero-order valence-corrected chi connectivity index (χ0v) is 13.8. The van der Waals surface area contributed by atoms with E-state index in [2.05, 4.69) is 28.2 Å². The standard InChI is InChI=1S/C16H19BrFNO/c1-9-10(2)20-11(3)16(9)15(19-4)8-12-5-6-14(18)13(17)7-12/h5-7,15,19H,8H2,1-4H3. The second-order valence-electron chi connectivity index (χ2n) is 5.05. The van der Waals surface area contributed by atoms with Crippen LogP contribution < -0.4 is 5.32 Å². The summed E-state index contributed by atoms with van der Waals surface area (Å²) < 4.78 is 19.5. The molecule has 1 unspecified atom stereocenters. The summed E-state index contributed by atoms with van der Waals surface area (Å²) in [6.07, 6.45) is 0.788. The van der Waals surface area contributed by atoms with Crippen molar-refractivity contribution in [2.45, 2.75) is 33.2 Å². The monoisotopic (exact) mass is 339 g/mol. The normalized spacial score (nSPS) is 12.7. The van der Waals surface area contributed by atoms with Gasteiger partial charge >= 0.3 is 0 Å². The molecular weight excluding hydrogens is 321 g/mol. The summed E-state index contributed by atoms with van der Waals surface area (Å²) in [5, 5.41) is 3.33. The van der Waals surface area contributed by atoms with E-state index in [1.807, 2.05) is 33.0 Å². The predicted molar refractivity (Wildman–Crippen MR) is 82.5 cm³/mol. The molecule has 0 aliphatic carbocycles. The highest BCUT2D eigenvalue weighted by atomic mass is 79.9. The number of hydrogen-bond acceptors (Lipinski definition) is 2. The minimum Gasteiger partial charge on any atom is -0.466 e. The van der Waals surface area contributed by atoms with Crippen LogP contribution >= 0.6 is 15.9 Å². The van der Waals surface area contributed by atoms with Crippen LogP contribution in [0.1, 0.15) is 34.3 Å². The first-order valence-electron chi connectivity index (χ1n) is 6.61. The first-order valence-corrected chi connectivity index (χ1v) is 7.41. The molecule has 0 saturated heterocycles. The van der Waals surface area contributed by atoms with Crippen LogP contribution in [0.15, 0.2) is 27.1 Å². The maximum atomic E-state index is 13.3. The van der Waals surface area contributed by atoms with Crippen molar-refractivity contribution >= 4 is 15.9 Å². The summed E-state index contributed by atoms with van der Waals surface area (Å²) in [6.45, 7) is 6.04. The number of halogens is 2. The van der Waals surface area contributed by atoms with Crippen molar-refractivity contribution in [1.29, 1.82) is 0 Å². The second-order valence-corrected chi connectivity index (χ2v) is 5.90. The number of rotatable bonds is 4. The van der Waals surface area contributed by atoms with Gasteiger partial charge in [0.25, 0.3) is 0 Å². The summed E-state index contributed by atoms with van der Waals surface area (Å²) in [5.41, 5.74) is 3.46. The van der Waals surface area contributed by atoms with Gasteiger partial charge in [0.15, 0.2) is 0 Å². The Balaban J connectivity index is 2.31. The lowest BCUT2D eigenvalue weighted by Gasteiger charge is -2.17. The third-order valence-electron chi connectivity index (χ3n) is 3.74. The van der Waals surface area contributed by atoms with Crippen LogP contribution in [0.2, 0.25) is 0 Å². The van der Waals surface area contributed by atoms with Crippen molar-refractivity contribution in [3.8, 4) is 0 Å². The number of furan rings is 1. The van der Waals surface area contributed by atoms with E-state index in [1.54, 1.807) is 0 Å². The van der Waals surface area contributed by atoms with E-state index in [4.69, 9.17) is 4.42 Å². The van der Waals surface area contributed by atoms with Gasteiger partial charge < -0.3 is 9.73 Å². The van der Waals surface area contributed by atoms with Gasteiger partial charge in [-0.05, 0) is 73.4 Å². The molecule has 0 aliphatic rings. The van der Waals surface area contributed by atoms with Gasteiger partial charge in [-0.15, -0.1) is 0 Å². The van der Waals surface area contributed by atoms with Crippen LogP contribution in [-0.2, 0) is 6.42 Å². The zero-order chi connectivity index (χ0) is 14.9. The lowest BCUT2D eigenvalue weighted by atomic mass is 9.96. The Morgan fingerprint density at radius 1 is 1.25 bits per heavy atom. The summed E-state index contributed by atoms with van der Waals surface area (Å²) >= 11 is 3.23. The molecule has 0 bridgehead atoms. The molecule has 0 aliphatic heterocycles. The Bertz CT molecular complexity index is 621. The van der Waals surface area contributed by atoms with Crippen molar-refractivity contribution in [2.24, 2.45) is 0 Å². The van der Waals surface area contributed by atoms with Gasteiger partial charge in [-0.2, -0.15) is 0 Å². The molecular formula is C16H19BrFNO. The van der Waals surface area contributed by atoms with Crippen molar-refractivity contribution in [3.63, 3.8) is 0 Å². The van der Waals surface area contributed by atoms with E-state index >= 15 is 0 Å². The smallest absolute Gasteiger partial charge is 0.137 e. The van der Waals surface area contributed by atoms with Crippen LogP contribution in [0.25, 0.3) is 0 Å². The lowest BCUT2D eigenvalue weighted by molar-refractivity contribution is 0.489. The van der Waals surface area contributed by atoms with E-state index in [1.165, 1.54) is 17.2 Å². The maximum absolute atomic E-state index is 13.3. The number of benzene rings is 1. The van der Waals surface area contributed by atoms with Gasteiger partial charge in [0.2, 0.25) is 0 Å². The van der Waals surface area contributed by atoms with Crippen molar-refractivity contribution in [1.82, 2.24) is 5.32 Å². The average molecular weight is 340 g/mol. The highest BCUT2D eigenvalue weighted by molar-refractivity contribution is 9.10. The molecule has 0 fully saturated rings. The predicted octanol–water partition coefficient (Wildman–Crippen LogP) is 4.61. The van der Waals surface area contributed by atoms with Crippen LogP contribution in [0.3, 0.4) is 0 Å². The summed E-state index contributed by atoms with van der Waals surface area (Å²) in [5.74, 6) is 1.67. The van der Waals surface area contributed by atoms with Gasteiger partial charge in [0, 0.05) is 11.6 Å². The lowest BCUT2D eigenvalue weighted by Crippen LogP contribution is -2.20. The molecule has 108 valence electrons. The minimum atomic E-state index is -0.235. The maximum Gasteiger partial charge on any atom is 0.137 e. The van der Waals surface area contributed by atoms with E-state index in [9.17, 15) is 4.39 Å². The Labute approximate surface area is 127 Å². The van der Waals surface area contributed by atoms with Crippen molar-refractivity contribution in [3.05, 3.63) is 56.7 Å². The van der Waals surface area contributed by atoms with Crippen LogP contribution in [-0.4, -0.2) is 7.05 Å². The number of hydrogen-bond donors (Lipinski definition) is 1. The molecule has 2 rings (SSSR count). The van der Waals surface area contributed by atoms with E-state index in [0.29, 0.717) is 4.47 Å². The van der Waals surface area contributed by atoms with Crippen molar-refractivity contribution < 1.29 is 8.81 Å². The highest BCUT2D eigenvalue weighted by Crippen LogP contribution is 2.30. The molecule has 2 nitrogen and oxygen atoms in total. The molecule has 20 heavy (non-hydrogen) atoms. The third-order valence-corrected chi connectivity index (χ3v) is 4.35. The topological polar surface area (TPSA) is 25.2 Å². The summed E-state index contributed by atoms with van der Waals surface area (Å²) in [7, 11) is 1.93. The fourth-order valence-corrected chi connectivity index (χ4v) is 3.00. The molecule has 2 aromatic rings. The van der Waals surface area contributed by atoms with Crippen LogP contribution in [0, 0.1) is 26.6 Å². The SMILES string of the molecule is CNC(Cc1ccc(F)c(Br)c1)c1c(C)oc(C)c1C. The van der Waals surface area contributed by atoms with Gasteiger partial charge in [-0.1, -0.05) is 6.07 Å². The second kappa shape index (κ2) is 6.10. The first-order chi connectivity index (χ1) is 9.43. The average Bonchev–Trinajstić information content (AvgIpc) is 2.65. The van der Waals surface area contributed by atoms with E-state index in [-0.39, 0.29) is 11.9 Å². The summed E-state index contributed by atoms with van der Waals surface area (Å²) in [6, 6.07) is 5.30. The van der Waals surface area contributed by atoms with Crippen LogP contribution in [0.4, 0.5) is 4.39 Å². The largest absolute Gasteiger partial charge is 0.466 e. The fourth-order valence-electron chi connectivity index (χ4n) is 2.57. The van der Waals surface area contributed by atoms with Gasteiger partial charge in [0.1, 0.15) is 17.3 Å². The van der Waals surface area contributed by atoms with Gasteiger partial charge in [0.05, 0.1) is 4.47 Å². The molecule has 1 atom stereocenters. The molecule has 0 amide bonds. The molecule has 1 aromatic carbocycles. The molecule has 0 saturated carbocycles. The highest BCUT2D eigenvalue weighted by Gasteiger charge is 2.20. The molecule has 0 radical (unpaired) electrons. The van der Waals surface area contributed by atoms with E-state index in [0.717, 1.165) is 23.5 Å². The molecule has 4 heteroatoms. The Hall–Kier alpha value is -1.13. The van der Waals surface area contributed by atoms with Gasteiger partial charge in [-0.3, -0.25) is 0 Å². The number of nitrogens with one attached hydrogen (secondary N) is 1. The Kier molecular flexibility index (Phi) is 4.66.